The number of carbonyl (C=O) groups is 10. The Labute approximate surface area is 526 Å². The number of anilines is 1. The molecule has 0 spiro atoms. The van der Waals surface area contributed by atoms with Gasteiger partial charge in [-0.1, -0.05) is 142 Å². The maximum Gasteiger partial charge on any atom is 0.332 e. The second-order valence-electron chi connectivity index (χ2n) is 26.2. The molecule has 21 heteroatoms. The lowest BCUT2D eigenvalue weighted by atomic mass is 9.93. The molecule has 0 aromatic heterocycles. The van der Waals surface area contributed by atoms with Crippen molar-refractivity contribution in [3.05, 3.63) is 90.0 Å². The first-order valence-corrected chi connectivity index (χ1v) is 31.5. The van der Waals surface area contributed by atoms with Crippen molar-refractivity contribution >= 4 is 64.8 Å². The molecule has 2 fully saturated rings. The molecular weight excluding hydrogens is 1130 g/mol. The number of hydrogen-bond acceptors (Lipinski definition) is 12. The number of hydrogen-bond donors (Lipinski definition) is 5. The average Bonchev–Trinajstić information content (AvgIpc) is 3.04. The highest BCUT2D eigenvalue weighted by atomic mass is 16.6. The van der Waals surface area contributed by atoms with Crippen LogP contribution >= 0.6 is 0 Å². The molecule has 0 bridgehead atoms. The maximum absolute atomic E-state index is 15.6. The van der Waals surface area contributed by atoms with Gasteiger partial charge in [-0.3, -0.25) is 43.2 Å². The number of benzene rings is 3. The van der Waals surface area contributed by atoms with Crippen LogP contribution in [0.1, 0.15) is 133 Å². The van der Waals surface area contributed by atoms with Crippen LogP contribution < -0.4 is 21.3 Å². The van der Waals surface area contributed by atoms with Gasteiger partial charge in [-0.25, -0.2) is 4.79 Å². The Kier molecular flexibility index (Phi) is 25.6. The van der Waals surface area contributed by atoms with E-state index in [0.717, 1.165) is 16.0 Å². The zero-order valence-corrected chi connectivity index (χ0v) is 55.4. The fourth-order valence-electron chi connectivity index (χ4n) is 12.1. The lowest BCUT2D eigenvalue weighted by Crippen LogP contribution is -2.63. The molecule has 0 saturated carbocycles. The summed E-state index contributed by atoms with van der Waals surface area (Å²) in [5, 5.41) is 23.3. The Hall–Kier alpha value is -7.68. The Morgan fingerprint density at radius 3 is 1.62 bits per heavy atom. The van der Waals surface area contributed by atoms with E-state index in [1.807, 2.05) is 63.2 Å². The molecule has 488 valence electrons. The van der Waals surface area contributed by atoms with E-state index >= 15 is 24.0 Å². The molecule has 0 radical (unpaired) electrons. The molecule has 2 saturated heterocycles. The quantitative estimate of drug-likeness (QED) is 0.110. The number of esters is 1. The predicted octanol–water partition coefficient (Wildman–Crippen LogP) is 6.00. The van der Waals surface area contributed by atoms with Crippen LogP contribution in [0.25, 0.3) is 11.1 Å². The summed E-state index contributed by atoms with van der Waals surface area (Å²) in [7, 11) is 5.64. The van der Waals surface area contributed by atoms with Crippen LogP contribution in [0.4, 0.5) is 5.69 Å². The highest BCUT2D eigenvalue weighted by Crippen LogP contribution is 2.29. The number of nitrogens with one attached hydrogen (secondary N) is 4. The van der Waals surface area contributed by atoms with Crippen LogP contribution in [-0.4, -0.2) is 184 Å². The minimum Gasteiger partial charge on any atom is -0.450 e. The monoisotopic (exact) mass is 1230 g/mol. The summed E-state index contributed by atoms with van der Waals surface area (Å²) < 4.78 is 6.13. The third-order valence-electron chi connectivity index (χ3n) is 17.5. The van der Waals surface area contributed by atoms with E-state index in [9.17, 15) is 29.1 Å². The summed E-state index contributed by atoms with van der Waals surface area (Å²) in [6, 6.07) is 13.4. The second-order valence-corrected chi connectivity index (χ2v) is 26.2. The van der Waals surface area contributed by atoms with Gasteiger partial charge in [-0.15, -0.1) is 0 Å². The van der Waals surface area contributed by atoms with Crippen molar-refractivity contribution in [3.8, 4) is 11.1 Å². The van der Waals surface area contributed by atoms with Gasteiger partial charge in [-0.05, 0) is 97.6 Å². The molecule has 2 heterocycles. The number of fused-ring (bicyclic) bond motifs is 1. The number of likely N-dealkylation sites (N-methyl/N-ethyl adjacent to an activating group) is 4. The van der Waals surface area contributed by atoms with Gasteiger partial charge in [0.25, 0.3) is 5.91 Å². The van der Waals surface area contributed by atoms with E-state index in [0.29, 0.717) is 36.1 Å². The van der Waals surface area contributed by atoms with Crippen LogP contribution in [0.5, 0.6) is 0 Å². The molecule has 2 aliphatic rings. The number of carbonyl (C=O) groups excluding carboxylic acids is 10. The standard InChI is InChI=1S/C68H99N9O12/c1-18-42(9)54-65(85)74(15)55(40(5)6)60(80)70-50(36-39(3)4)63(83)76(17)58(68(12,13)88)67(87)89-57(43(10)19-2)66(86)75(16)56(41(7)8)61(81)71-51(37-45-24-21-20-22-25-45)62(82)73(14)53(64(84)77-35-23-26-52(77)59(79)72-54)38-46-27-29-47(30-28-46)48-31-33-49(34-32-48)69-44(11)78/h20-22,24-25,27-34,39-43,50-58,88H,18-19,23,26,35-38H2,1-17H3,(H,69,78)(H,70,80)(H,71,81)(H,72,79)/t42?,43?,50-,51-,52-,53-,54-,55-,56-,57+,58+/m0/s1. The molecule has 2 unspecified atom stereocenters. The van der Waals surface area contributed by atoms with Crippen molar-refractivity contribution in [1.29, 1.82) is 0 Å². The van der Waals surface area contributed by atoms with Gasteiger partial charge in [-0.2, -0.15) is 0 Å². The van der Waals surface area contributed by atoms with Gasteiger partial charge < -0.3 is 55.6 Å². The number of nitrogens with zero attached hydrogens (tertiary/aromatic N) is 5. The number of amides is 9. The molecule has 5 rings (SSSR count). The number of rotatable bonds is 15. The molecule has 2 aliphatic heterocycles. The van der Waals surface area contributed by atoms with Gasteiger partial charge in [0.2, 0.25) is 47.3 Å². The van der Waals surface area contributed by atoms with Crippen molar-refractivity contribution in [2.75, 3.05) is 40.1 Å². The van der Waals surface area contributed by atoms with Gasteiger partial charge >= 0.3 is 5.97 Å². The molecule has 89 heavy (non-hydrogen) atoms. The number of cyclic esters (lactones) is 1. The summed E-state index contributed by atoms with van der Waals surface area (Å²) in [5.41, 5.74) is 1.65. The zero-order valence-electron chi connectivity index (χ0n) is 55.4. The zero-order chi connectivity index (χ0) is 66.5. The van der Waals surface area contributed by atoms with E-state index in [-0.39, 0.29) is 44.1 Å². The number of aliphatic hydroxyl groups is 1. The first kappa shape index (κ1) is 72.1. The van der Waals surface area contributed by atoms with Gasteiger partial charge in [0.05, 0.1) is 5.60 Å². The van der Waals surface area contributed by atoms with Crippen molar-refractivity contribution in [2.24, 2.45) is 29.6 Å². The highest BCUT2D eigenvalue weighted by Gasteiger charge is 2.48. The molecule has 0 aliphatic carbocycles. The summed E-state index contributed by atoms with van der Waals surface area (Å²) in [5.74, 6) is -9.20. The van der Waals surface area contributed by atoms with Gasteiger partial charge in [0.1, 0.15) is 42.3 Å². The smallest absolute Gasteiger partial charge is 0.332 e. The third-order valence-corrected chi connectivity index (χ3v) is 17.5. The molecule has 11 atom stereocenters. The third kappa shape index (κ3) is 18.2. The topological polar surface area (TPSA) is 264 Å². The van der Waals surface area contributed by atoms with Crippen LogP contribution in [-0.2, 0) is 65.5 Å². The summed E-state index contributed by atoms with van der Waals surface area (Å²) in [4.78, 5) is 154. The highest BCUT2D eigenvalue weighted by molar-refractivity contribution is 5.99. The predicted molar refractivity (Wildman–Crippen MR) is 341 cm³/mol. The molecule has 3 aromatic carbocycles. The van der Waals surface area contributed by atoms with E-state index in [1.54, 1.807) is 84.9 Å². The van der Waals surface area contributed by atoms with E-state index in [1.165, 1.54) is 68.6 Å². The fourth-order valence-corrected chi connectivity index (χ4v) is 12.1. The van der Waals surface area contributed by atoms with Crippen LogP contribution in [0.2, 0.25) is 0 Å². The van der Waals surface area contributed by atoms with E-state index < -0.39 is 137 Å². The Morgan fingerprint density at radius 1 is 0.607 bits per heavy atom. The summed E-state index contributed by atoms with van der Waals surface area (Å²) in [6.07, 6.45) is -0.177. The fraction of sp³-hybridized carbons (Fsp3) is 0.588. The first-order valence-electron chi connectivity index (χ1n) is 31.5. The maximum atomic E-state index is 15.6. The lowest BCUT2D eigenvalue weighted by Gasteiger charge is -2.39. The lowest BCUT2D eigenvalue weighted by molar-refractivity contribution is -0.177. The van der Waals surface area contributed by atoms with E-state index in [2.05, 4.69) is 21.3 Å². The Morgan fingerprint density at radius 2 is 1.11 bits per heavy atom. The van der Waals surface area contributed by atoms with Crippen molar-refractivity contribution in [1.82, 2.24) is 40.4 Å². The molecule has 21 nitrogen and oxygen atoms in total. The SMILES string of the molecule is CCC(C)[C@@H]1NC(=O)[C@@H]2CCCN2C(=O)[C@H](Cc2ccc(-c3ccc(NC(C)=O)cc3)cc2)N(C)C(=O)[C@H](Cc2ccccc2)NC(=O)[C@H](C(C)C)N(C)C(=O)[C@@H](C(C)CC)OC(=O)[C@H](C(C)(C)O)N(C)C(=O)[C@H](CC(C)C)NC(=O)[C@H](C(C)C)N(C)C1=O. The summed E-state index contributed by atoms with van der Waals surface area (Å²) >= 11 is 0. The van der Waals surface area contributed by atoms with Gasteiger partial charge in [0, 0.05) is 66.1 Å². The average molecular weight is 1230 g/mol. The molecular formula is C68H99N9O12. The van der Waals surface area contributed by atoms with Crippen LogP contribution in [0.15, 0.2) is 78.9 Å². The van der Waals surface area contributed by atoms with Crippen LogP contribution in [0.3, 0.4) is 0 Å². The summed E-state index contributed by atoms with van der Waals surface area (Å²) in [6.45, 7) is 22.0. The second kappa shape index (κ2) is 31.7. The minimum atomic E-state index is -1.99. The van der Waals surface area contributed by atoms with Crippen molar-refractivity contribution in [3.63, 3.8) is 0 Å². The normalized spacial score (nSPS) is 24.8. The first-order chi connectivity index (χ1) is 41.7. The van der Waals surface area contributed by atoms with E-state index in [4.69, 9.17) is 4.74 Å². The Balaban J connectivity index is 1.71. The largest absolute Gasteiger partial charge is 0.450 e. The molecule has 5 N–H and O–H groups in total. The van der Waals surface area contributed by atoms with Crippen molar-refractivity contribution in [2.45, 2.75) is 195 Å². The number of ether oxygens (including phenoxy) is 1. The molecule has 9 amide bonds. The Bertz CT molecular complexity index is 2970. The molecule has 3 aromatic rings. The van der Waals surface area contributed by atoms with Crippen LogP contribution in [0, 0.1) is 29.6 Å². The van der Waals surface area contributed by atoms with Gasteiger partial charge in [0.15, 0.2) is 12.1 Å². The van der Waals surface area contributed by atoms with Crippen molar-refractivity contribution < 1.29 is 57.8 Å². The minimum absolute atomic E-state index is 0.0353.